The number of imidazole rings is 1. The Morgan fingerprint density at radius 3 is 2.75 bits per heavy atom. The van der Waals surface area contributed by atoms with E-state index in [0.29, 0.717) is 25.9 Å². The molecule has 7 nitrogen and oxygen atoms in total. The van der Waals surface area contributed by atoms with Crippen molar-refractivity contribution in [3.05, 3.63) is 42.4 Å². The van der Waals surface area contributed by atoms with E-state index in [1.165, 1.54) is 15.4 Å². The summed E-state index contributed by atoms with van der Waals surface area (Å²) in [4.78, 5) is 4.30. The molecule has 1 aliphatic carbocycles. The smallest absolute Gasteiger partial charge is 0.227 e. The maximum Gasteiger partial charge on any atom is 0.227 e. The van der Waals surface area contributed by atoms with Gasteiger partial charge in [0.25, 0.3) is 0 Å². The Labute approximate surface area is 164 Å². The number of aliphatic hydroxyl groups is 1. The summed E-state index contributed by atoms with van der Waals surface area (Å²) in [6.45, 7) is 0.761. The Morgan fingerprint density at radius 2 is 2.04 bits per heavy atom. The van der Waals surface area contributed by atoms with Crippen LogP contribution in [0.15, 0.2) is 36.8 Å². The third kappa shape index (κ3) is 2.40. The van der Waals surface area contributed by atoms with E-state index in [1.807, 2.05) is 24.7 Å². The van der Waals surface area contributed by atoms with Crippen molar-refractivity contribution in [3.63, 3.8) is 0 Å². The molecular formula is C20H22N4O3S. The van der Waals surface area contributed by atoms with Gasteiger partial charge in [0, 0.05) is 24.6 Å². The average Bonchev–Trinajstić information content (AvgIpc) is 3.27. The molecule has 8 heteroatoms. The molecule has 1 spiro atoms. The number of sulfonamides is 1. The molecule has 3 heterocycles. The number of hydrogen-bond donors (Lipinski definition) is 1. The van der Waals surface area contributed by atoms with E-state index in [4.69, 9.17) is 5.26 Å². The second-order valence-corrected chi connectivity index (χ2v) is 10.2. The summed E-state index contributed by atoms with van der Waals surface area (Å²) >= 11 is 0. The summed E-state index contributed by atoms with van der Waals surface area (Å²) in [5.74, 6) is -0.383. The number of nitriles is 1. The predicted octanol–water partition coefficient (Wildman–Crippen LogP) is 1.77. The molecule has 0 radical (unpaired) electrons. The highest BCUT2D eigenvalue weighted by Gasteiger charge is 2.58. The molecule has 28 heavy (non-hydrogen) atoms. The highest BCUT2D eigenvalue weighted by Crippen LogP contribution is 2.59. The van der Waals surface area contributed by atoms with Gasteiger partial charge < -0.3 is 9.67 Å². The summed E-state index contributed by atoms with van der Waals surface area (Å²) in [6.07, 6.45) is 5.39. The van der Waals surface area contributed by atoms with Gasteiger partial charge in [-0.05, 0) is 30.2 Å². The lowest BCUT2D eigenvalue weighted by Gasteiger charge is -2.57. The van der Waals surface area contributed by atoms with Crippen LogP contribution in [0.1, 0.15) is 30.9 Å². The zero-order chi connectivity index (χ0) is 19.5. The Balaban J connectivity index is 1.35. The molecule has 5 rings (SSSR count). The molecule has 1 aromatic carbocycles. The maximum absolute atomic E-state index is 12.1. The molecule has 1 saturated heterocycles. The normalized spacial score (nSPS) is 28.4. The Bertz CT molecular complexity index is 1060. The Kier molecular flexibility index (Phi) is 3.92. The fourth-order valence-corrected chi connectivity index (χ4v) is 6.56. The first-order chi connectivity index (χ1) is 13.5. The number of nitrogens with zero attached hydrogens (tertiary/aromatic N) is 4. The summed E-state index contributed by atoms with van der Waals surface area (Å²) in [5, 5.41) is 19.9. The molecule has 1 saturated carbocycles. The number of rotatable bonds is 3. The zero-order valence-electron chi connectivity index (χ0n) is 15.4. The first kappa shape index (κ1) is 17.9. The summed E-state index contributed by atoms with van der Waals surface area (Å²) in [5.41, 5.74) is 3.27. The van der Waals surface area contributed by atoms with Gasteiger partial charge >= 0.3 is 0 Å². The van der Waals surface area contributed by atoms with Crippen molar-refractivity contribution in [1.29, 1.82) is 5.26 Å². The molecule has 0 amide bonds. The van der Waals surface area contributed by atoms with Crippen LogP contribution < -0.4 is 0 Å². The van der Waals surface area contributed by atoms with Gasteiger partial charge in [-0.25, -0.2) is 17.7 Å². The van der Waals surface area contributed by atoms with E-state index < -0.39 is 21.9 Å². The van der Waals surface area contributed by atoms with Gasteiger partial charge in [0.15, 0.2) is 5.75 Å². The molecule has 2 aromatic rings. The molecule has 2 aliphatic heterocycles. The van der Waals surface area contributed by atoms with Crippen LogP contribution in [0.2, 0.25) is 0 Å². The maximum atomic E-state index is 12.1. The molecular weight excluding hydrogens is 376 g/mol. The van der Waals surface area contributed by atoms with Gasteiger partial charge in [-0.2, -0.15) is 5.26 Å². The minimum atomic E-state index is -3.51. The van der Waals surface area contributed by atoms with Crippen molar-refractivity contribution < 1.29 is 13.5 Å². The number of aromatic nitrogens is 2. The largest absolute Gasteiger partial charge is 0.392 e. The van der Waals surface area contributed by atoms with Crippen LogP contribution in [-0.2, 0) is 10.0 Å². The van der Waals surface area contributed by atoms with Gasteiger partial charge in [-0.1, -0.05) is 24.3 Å². The topological polar surface area (TPSA) is 99.2 Å². The van der Waals surface area contributed by atoms with Crippen LogP contribution in [0, 0.1) is 22.7 Å². The molecule has 0 bridgehead atoms. The van der Waals surface area contributed by atoms with Crippen LogP contribution in [0.4, 0.5) is 0 Å². The van der Waals surface area contributed by atoms with E-state index >= 15 is 0 Å². The summed E-state index contributed by atoms with van der Waals surface area (Å²) in [6, 6.07) is 10.1. The lowest BCUT2D eigenvalue weighted by atomic mass is 9.53. The van der Waals surface area contributed by atoms with Gasteiger partial charge in [0.1, 0.15) is 0 Å². The number of benzene rings is 1. The van der Waals surface area contributed by atoms with Crippen molar-refractivity contribution in [2.24, 2.45) is 11.3 Å². The number of fused-ring (bicyclic) bond motifs is 3. The Morgan fingerprint density at radius 1 is 1.29 bits per heavy atom. The molecule has 3 aliphatic rings. The third-order valence-corrected chi connectivity index (χ3v) is 8.61. The highest BCUT2D eigenvalue weighted by molar-refractivity contribution is 7.89. The van der Waals surface area contributed by atoms with Crippen molar-refractivity contribution in [2.75, 3.05) is 18.8 Å². The molecule has 2 fully saturated rings. The van der Waals surface area contributed by atoms with Crippen molar-refractivity contribution in [2.45, 2.75) is 31.4 Å². The van der Waals surface area contributed by atoms with Crippen molar-refractivity contribution >= 4 is 10.0 Å². The standard InChI is InChI=1S/C20H22N4O3S/c21-7-10-28(26,27)23-8-5-20(6-9-23)11-16(19(20)25)18-15-4-2-1-3-14(15)17-12-22-13-24(17)18/h1-4,12-13,16,18-19,25H,5-6,8-11H2/t16?,18-,19?/m0/s1. The van der Waals surface area contributed by atoms with Crippen LogP contribution >= 0.6 is 0 Å². The zero-order valence-corrected chi connectivity index (χ0v) is 16.2. The highest BCUT2D eigenvalue weighted by atomic mass is 32.2. The van der Waals surface area contributed by atoms with Gasteiger partial charge in [-0.15, -0.1) is 0 Å². The summed E-state index contributed by atoms with van der Waals surface area (Å²) in [7, 11) is -3.51. The third-order valence-electron chi connectivity index (χ3n) is 6.96. The minimum Gasteiger partial charge on any atom is -0.392 e. The molecule has 1 N–H and O–H groups in total. The van der Waals surface area contributed by atoms with E-state index in [2.05, 4.69) is 21.7 Å². The van der Waals surface area contributed by atoms with Gasteiger partial charge in [0.05, 0.1) is 36.4 Å². The average molecular weight is 398 g/mol. The minimum absolute atomic E-state index is 0.0784. The quantitative estimate of drug-likeness (QED) is 0.849. The lowest BCUT2D eigenvalue weighted by molar-refractivity contribution is -0.152. The van der Waals surface area contributed by atoms with Gasteiger partial charge in [-0.3, -0.25) is 0 Å². The molecule has 3 atom stereocenters. The number of hydrogen-bond acceptors (Lipinski definition) is 5. The number of aliphatic hydroxyl groups excluding tert-OH is 1. The Hall–Kier alpha value is -2.21. The fraction of sp³-hybridized carbons (Fsp3) is 0.500. The SMILES string of the molecule is N#CCS(=O)(=O)N1CCC2(CC1)CC([C@@H]1c3ccccc3-c3cncn31)C2O. The van der Waals surface area contributed by atoms with Crippen LogP contribution in [0.25, 0.3) is 11.3 Å². The van der Waals surface area contributed by atoms with Crippen molar-refractivity contribution in [3.8, 4) is 17.3 Å². The van der Waals surface area contributed by atoms with E-state index in [0.717, 1.165) is 12.1 Å². The van der Waals surface area contributed by atoms with Gasteiger partial charge in [0.2, 0.25) is 10.0 Å². The molecule has 146 valence electrons. The first-order valence-electron chi connectivity index (χ1n) is 9.61. The first-order valence-corrected chi connectivity index (χ1v) is 11.2. The monoisotopic (exact) mass is 398 g/mol. The second kappa shape index (κ2) is 6.14. The van der Waals surface area contributed by atoms with E-state index in [-0.39, 0.29) is 17.4 Å². The molecule has 1 aromatic heterocycles. The van der Waals surface area contributed by atoms with E-state index in [9.17, 15) is 13.5 Å². The van der Waals surface area contributed by atoms with Crippen LogP contribution in [0.3, 0.4) is 0 Å². The fourth-order valence-electron chi connectivity index (χ4n) is 5.47. The second-order valence-electron chi connectivity index (χ2n) is 8.21. The lowest BCUT2D eigenvalue weighted by Crippen LogP contribution is -2.60. The number of piperidine rings is 1. The predicted molar refractivity (Wildman–Crippen MR) is 103 cm³/mol. The van der Waals surface area contributed by atoms with E-state index in [1.54, 1.807) is 6.07 Å². The summed E-state index contributed by atoms with van der Waals surface area (Å²) < 4.78 is 27.8. The van der Waals surface area contributed by atoms with Crippen LogP contribution in [-0.4, -0.2) is 52.3 Å². The van der Waals surface area contributed by atoms with Crippen molar-refractivity contribution in [1.82, 2.24) is 13.9 Å². The molecule has 2 unspecified atom stereocenters. The van der Waals surface area contributed by atoms with Crippen LogP contribution in [0.5, 0.6) is 0 Å².